The Hall–Kier alpha value is -4.01. The van der Waals surface area contributed by atoms with Gasteiger partial charge in [-0.25, -0.2) is 10.4 Å². The van der Waals surface area contributed by atoms with Gasteiger partial charge in [0, 0.05) is 67.8 Å². The van der Waals surface area contributed by atoms with E-state index in [4.69, 9.17) is 24.2 Å². The van der Waals surface area contributed by atoms with Gasteiger partial charge in [0.25, 0.3) is 12.4 Å². The van der Waals surface area contributed by atoms with Crippen LogP contribution in [-0.2, 0) is 35.0 Å². The van der Waals surface area contributed by atoms with E-state index < -0.39 is 6.04 Å². The standard InChI is InChI=1S/C55H82N6O6S/c1-11-37(4)31-55(13-3)34-60(27-28-67-55)51(41-19-14-15-20-41)52(63)59-46(53(64)61-26-17-16-25-57-61)30-48-58-47(33-68-48)42-23-22-39(6)44(29-42)45(32-54(8,9)35-66-36-62)49(38(5)12-2)43-21-18-24-56-50(43)40(7)65-10/h18,21-24,29,33,36-38,40-41,46,51,57H,11-17,19-20,25-28,30-32,34-35H2,1-10H3,(H,59,63)/b49-45+/t37?,38-,40?,46?,51?,55?/m1/s1. The number of aryl methyl sites for hydroxylation is 1. The largest absolute Gasteiger partial charge is 0.467 e. The van der Waals surface area contributed by atoms with E-state index >= 15 is 0 Å². The molecule has 2 aromatic heterocycles. The van der Waals surface area contributed by atoms with Crippen LogP contribution >= 0.6 is 11.3 Å². The highest BCUT2D eigenvalue weighted by atomic mass is 32.1. The third kappa shape index (κ3) is 13.2. The third-order valence-corrected chi connectivity index (χ3v) is 16.0. The Bertz CT molecular complexity index is 2160. The van der Waals surface area contributed by atoms with Crippen LogP contribution < -0.4 is 10.7 Å². The number of allylic oxidation sites excluding steroid dienone is 2. The van der Waals surface area contributed by atoms with Crippen LogP contribution in [0.1, 0.15) is 160 Å². The van der Waals surface area contributed by atoms with Gasteiger partial charge in [-0.2, -0.15) is 0 Å². The number of thiazole rings is 1. The highest BCUT2D eigenvalue weighted by Crippen LogP contribution is 2.44. The average Bonchev–Trinajstić information content (AvgIpc) is 4.06. The van der Waals surface area contributed by atoms with E-state index in [2.05, 4.69) is 101 Å². The second-order valence-corrected chi connectivity index (χ2v) is 21.8. The maximum absolute atomic E-state index is 15.0. The molecule has 2 amide bonds. The van der Waals surface area contributed by atoms with Gasteiger partial charge >= 0.3 is 0 Å². The number of carbonyl (C=O) groups is 3. The van der Waals surface area contributed by atoms with E-state index in [9.17, 15) is 14.4 Å². The SMILES string of the molecule is CCC(C)CC1(CC)CN(C(C(=O)NC(Cc2nc(-c3ccc(C)c(/C(CC(C)(C)COC=O)=C(/c4cccnc4C(C)OC)[C@H](C)CC)c3)cs2)C(=O)N2CCCCN2)C2CCCC2)CCO1. The Balaban J connectivity index is 1.36. The molecule has 374 valence electrons. The quantitative estimate of drug-likeness (QED) is 0.0885. The Kier molecular flexibility index (Phi) is 19.4. The van der Waals surface area contributed by atoms with Crippen molar-refractivity contribution in [2.24, 2.45) is 23.2 Å². The molecule has 5 unspecified atom stereocenters. The number of benzene rings is 1. The van der Waals surface area contributed by atoms with Crippen molar-refractivity contribution in [3.8, 4) is 11.3 Å². The number of hydrogen-bond acceptors (Lipinski definition) is 11. The minimum Gasteiger partial charge on any atom is -0.467 e. The number of nitrogens with zero attached hydrogens (tertiary/aromatic N) is 4. The highest BCUT2D eigenvalue weighted by Gasteiger charge is 2.44. The first-order chi connectivity index (χ1) is 32.7. The zero-order valence-electron chi connectivity index (χ0n) is 43.0. The number of hydrazine groups is 1. The fourth-order valence-electron chi connectivity index (χ4n) is 10.8. The molecule has 1 aliphatic carbocycles. The number of aromatic nitrogens is 2. The molecule has 1 saturated carbocycles. The number of nitrogens with one attached hydrogen (secondary N) is 2. The molecule has 3 aromatic rings. The molecule has 6 rings (SSSR count). The summed E-state index contributed by atoms with van der Waals surface area (Å²) in [5.41, 5.74) is 10.9. The number of morpholine rings is 1. The van der Waals surface area contributed by atoms with E-state index in [1.807, 2.05) is 19.2 Å². The lowest BCUT2D eigenvalue weighted by Gasteiger charge is -2.47. The number of hydrogen-bond donors (Lipinski definition) is 2. The molecule has 6 atom stereocenters. The van der Waals surface area contributed by atoms with Crippen molar-refractivity contribution >= 4 is 40.8 Å². The lowest BCUT2D eigenvalue weighted by atomic mass is 9.76. The predicted molar refractivity (Wildman–Crippen MR) is 274 cm³/mol. The number of methoxy groups -OCH3 is 1. The first-order valence-electron chi connectivity index (χ1n) is 25.7. The van der Waals surface area contributed by atoms with Gasteiger partial charge in [-0.1, -0.05) is 85.9 Å². The van der Waals surface area contributed by atoms with Gasteiger partial charge in [0.2, 0.25) is 5.91 Å². The molecule has 4 heterocycles. The summed E-state index contributed by atoms with van der Waals surface area (Å²) >= 11 is 1.53. The van der Waals surface area contributed by atoms with Crippen LogP contribution in [0.15, 0.2) is 41.9 Å². The van der Waals surface area contributed by atoms with Crippen LogP contribution in [0.3, 0.4) is 0 Å². The monoisotopic (exact) mass is 955 g/mol. The summed E-state index contributed by atoms with van der Waals surface area (Å²) in [6.07, 6.45) is 12.6. The summed E-state index contributed by atoms with van der Waals surface area (Å²) in [4.78, 5) is 53.5. The fourth-order valence-corrected chi connectivity index (χ4v) is 11.6. The summed E-state index contributed by atoms with van der Waals surface area (Å²) in [6, 6.07) is 9.56. The molecular weight excluding hydrogens is 873 g/mol. The summed E-state index contributed by atoms with van der Waals surface area (Å²) < 4.78 is 17.9. The maximum atomic E-state index is 15.0. The van der Waals surface area contributed by atoms with Crippen molar-refractivity contribution < 1.29 is 28.6 Å². The van der Waals surface area contributed by atoms with Crippen molar-refractivity contribution in [2.75, 3.05) is 46.5 Å². The van der Waals surface area contributed by atoms with Crippen LogP contribution in [0.2, 0.25) is 0 Å². The second kappa shape index (κ2) is 24.7. The smallest absolute Gasteiger partial charge is 0.293 e. The van der Waals surface area contributed by atoms with E-state index in [0.717, 1.165) is 116 Å². The van der Waals surface area contributed by atoms with Gasteiger partial charge in [-0.05, 0) is 117 Å². The number of amides is 2. The zero-order chi connectivity index (χ0) is 49.0. The van der Waals surface area contributed by atoms with Crippen molar-refractivity contribution in [3.63, 3.8) is 0 Å². The van der Waals surface area contributed by atoms with Crippen molar-refractivity contribution in [3.05, 3.63) is 69.3 Å². The summed E-state index contributed by atoms with van der Waals surface area (Å²) in [5, 5.41) is 7.95. The normalized spacial score (nSPS) is 21.1. The Morgan fingerprint density at radius 3 is 2.51 bits per heavy atom. The highest BCUT2D eigenvalue weighted by molar-refractivity contribution is 7.10. The van der Waals surface area contributed by atoms with Crippen LogP contribution in [0.4, 0.5) is 0 Å². The molecule has 68 heavy (non-hydrogen) atoms. The van der Waals surface area contributed by atoms with E-state index in [1.165, 1.54) is 22.5 Å². The fraction of sp³-hybridized carbons (Fsp3) is 0.655. The van der Waals surface area contributed by atoms with Gasteiger partial charge in [0.15, 0.2) is 0 Å². The van der Waals surface area contributed by atoms with Crippen LogP contribution in [-0.4, -0.2) is 102 Å². The van der Waals surface area contributed by atoms with Gasteiger partial charge in [0.05, 0.1) is 47.4 Å². The lowest BCUT2D eigenvalue weighted by Crippen LogP contribution is -2.63. The zero-order valence-corrected chi connectivity index (χ0v) is 43.8. The van der Waals surface area contributed by atoms with Crippen LogP contribution in [0, 0.1) is 30.1 Å². The first-order valence-corrected chi connectivity index (χ1v) is 26.6. The van der Waals surface area contributed by atoms with E-state index in [0.29, 0.717) is 38.5 Å². The second-order valence-electron chi connectivity index (χ2n) is 20.9. The number of rotatable bonds is 23. The number of pyridine rings is 1. The Morgan fingerprint density at radius 2 is 1.84 bits per heavy atom. The molecular formula is C55H82N6O6S. The van der Waals surface area contributed by atoms with Gasteiger partial charge < -0.3 is 19.5 Å². The number of ether oxygens (including phenoxy) is 3. The minimum atomic E-state index is -0.784. The molecule has 12 nitrogen and oxygen atoms in total. The number of carbonyl (C=O) groups excluding carboxylic acids is 3. The topological polar surface area (TPSA) is 135 Å². The molecule has 2 aliphatic heterocycles. The molecule has 0 bridgehead atoms. The Morgan fingerprint density at radius 1 is 1.06 bits per heavy atom. The molecule has 3 aliphatic rings. The average molecular weight is 955 g/mol. The van der Waals surface area contributed by atoms with Gasteiger partial charge in [0.1, 0.15) is 6.04 Å². The van der Waals surface area contributed by atoms with E-state index in [-0.39, 0.29) is 59.8 Å². The van der Waals surface area contributed by atoms with Gasteiger partial charge in [-0.3, -0.25) is 29.3 Å². The maximum Gasteiger partial charge on any atom is 0.293 e. The van der Waals surface area contributed by atoms with Crippen molar-refractivity contribution in [2.45, 2.75) is 163 Å². The van der Waals surface area contributed by atoms with E-state index in [1.54, 1.807) is 12.1 Å². The lowest BCUT2D eigenvalue weighted by molar-refractivity contribution is -0.152. The molecule has 1 aromatic carbocycles. The molecule has 0 spiro atoms. The van der Waals surface area contributed by atoms with Crippen molar-refractivity contribution in [1.29, 1.82) is 0 Å². The van der Waals surface area contributed by atoms with Gasteiger partial charge in [-0.15, -0.1) is 11.3 Å². The molecule has 0 radical (unpaired) electrons. The molecule has 3 fully saturated rings. The minimum absolute atomic E-state index is 0.0581. The molecule has 13 heteroatoms. The first kappa shape index (κ1) is 53.3. The predicted octanol–water partition coefficient (Wildman–Crippen LogP) is 10.4. The third-order valence-electron chi connectivity index (χ3n) is 15.1. The van der Waals surface area contributed by atoms with Crippen molar-refractivity contribution in [1.82, 2.24) is 30.6 Å². The Labute approximate surface area is 411 Å². The van der Waals surface area contributed by atoms with Crippen LogP contribution in [0.5, 0.6) is 0 Å². The summed E-state index contributed by atoms with van der Waals surface area (Å²) in [7, 11) is 1.71. The summed E-state index contributed by atoms with van der Waals surface area (Å²) in [5.74, 6) is 0.744. The van der Waals surface area contributed by atoms with Crippen LogP contribution in [0.25, 0.3) is 22.4 Å². The molecule has 2 saturated heterocycles. The summed E-state index contributed by atoms with van der Waals surface area (Å²) in [6.45, 7) is 23.8. The molecule has 2 N–H and O–H groups in total.